The maximum atomic E-state index is 2.39. The molecule has 1 aromatic rings. The molecule has 2 heterocycles. The van der Waals surface area contributed by atoms with Crippen molar-refractivity contribution in [1.82, 2.24) is 0 Å². The minimum atomic E-state index is 0.654. The van der Waals surface area contributed by atoms with E-state index >= 15 is 0 Å². The summed E-state index contributed by atoms with van der Waals surface area (Å²) in [5.74, 6) is 0.654. The van der Waals surface area contributed by atoms with Gasteiger partial charge in [-0.2, -0.15) is 0 Å². The van der Waals surface area contributed by atoms with Crippen molar-refractivity contribution in [3.8, 4) is 0 Å². The Morgan fingerprint density at radius 2 is 2.25 bits per heavy atom. The van der Waals surface area contributed by atoms with Crippen LogP contribution in [0, 0.1) is 5.92 Å². The van der Waals surface area contributed by atoms with Gasteiger partial charge in [0.15, 0.2) is 0 Å². The number of hydrogen-bond acceptors (Lipinski definition) is 2. The highest BCUT2D eigenvalue weighted by atomic mass is 32.2. The van der Waals surface area contributed by atoms with E-state index in [9.17, 15) is 0 Å². The second-order valence-corrected chi connectivity index (χ2v) is 5.12. The Labute approximate surface area is 79.3 Å². The first-order valence-electron chi connectivity index (χ1n) is 4.03. The maximum Gasteiger partial charge on any atom is 0.0376 e. The molecule has 2 heteroatoms. The Bertz CT molecular complexity index is 439. The third kappa shape index (κ3) is 0.915. The molecule has 0 N–H and O–H groups in total. The largest absolute Gasteiger partial charge is 0.144 e. The van der Waals surface area contributed by atoms with Crippen molar-refractivity contribution < 1.29 is 0 Å². The summed E-state index contributed by atoms with van der Waals surface area (Å²) in [6, 6.07) is 2.21. The molecule has 0 bridgehead atoms. The summed E-state index contributed by atoms with van der Waals surface area (Å²) in [6.45, 7) is 0. The second kappa shape index (κ2) is 2.51. The molecule has 2 atom stereocenters. The lowest BCUT2D eigenvalue weighted by Gasteiger charge is -2.12. The van der Waals surface area contributed by atoms with Gasteiger partial charge < -0.3 is 0 Å². The lowest BCUT2D eigenvalue weighted by Crippen LogP contribution is -2.28. The van der Waals surface area contributed by atoms with Crippen LogP contribution in [0.3, 0.4) is 0 Å². The van der Waals surface area contributed by atoms with Crippen LogP contribution in [0.2, 0.25) is 0 Å². The molecule has 2 unspecified atom stereocenters. The molecule has 0 nitrogen and oxygen atoms in total. The number of thioether (sulfide) groups is 1. The highest BCUT2D eigenvalue weighted by molar-refractivity contribution is 8.03. The zero-order valence-electron chi connectivity index (χ0n) is 6.44. The predicted octanol–water partition coefficient (Wildman–Crippen LogP) is 1.57. The first-order valence-corrected chi connectivity index (χ1v) is 5.85. The molecular weight excluding hydrogens is 184 g/mol. The molecule has 12 heavy (non-hydrogen) atoms. The van der Waals surface area contributed by atoms with Crippen LogP contribution < -0.4 is 9.75 Å². The summed E-state index contributed by atoms with van der Waals surface area (Å²) >= 11 is 3.77. The summed E-state index contributed by atoms with van der Waals surface area (Å²) in [5.41, 5.74) is 0. The van der Waals surface area contributed by atoms with E-state index in [0.717, 1.165) is 0 Å². The van der Waals surface area contributed by atoms with Crippen LogP contribution in [0.15, 0.2) is 22.9 Å². The summed E-state index contributed by atoms with van der Waals surface area (Å²) < 4.78 is 1.45. The van der Waals surface area contributed by atoms with E-state index in [1.807, 2.05) is 23.1 Å². The van der Waals surface area contributed by atoms with Crippen LogP contribution in [0.25, 0.3) is 12.2 Å². The van der Waals surface area contributed by atoms with Crippen molar-refractivity contribution in [1.29, 1.82) is 0 Å². The van der Waals surface area contributed by atoms with Crippen molar-refractivity contribution in [2.45, 2.75) is 5.25 Å². The molecule has 3 rings (SSSR count). The molecule has 1 aromatic heterocycles. The molecule has 0 saturated heterocycles. The molecular formula is C10H8S2. The number of allylic oxidation sites excluding steroid dienone is 1. The zero-order chi connectivity index (χ0) is 7.97. The fourth-order valence-corrected chi connectivity index (χ4v) is 3.58. The Morgan fingerprint density at radius 3 is 3.25 bits per heavy atom. The molecule has 0 saturated carbocycles. The second-order valence-electron chi connectivity index (χ2n) is 3.08. The molecule has 2 aliphatic rings. The van der Waals surface area contributed by atoms with Gasteiger partial charge in [0.25, 0.3) is 0 Å². The normalized spacial score (nSPS) is 30.3. The van der Waals surface area contributed by atoms with E-state index in [0.29, 0.717) is 11.2 Å². The quantitative estimate of drug-likeness (QED) is 0.601. The third-order valence-electron chi connectivity index (χ3n) is 2.33. The summed E-state index contributed by atoms with van der Waals surface area (Å²) in [6.07, 6.45) is 7.08. The van der Waals surface area contributed by atoms with E-state index in [1.165, 1.54) is 9.75 Å². The highest BCUT2D eigenvalue weighted by Gasteiger charge is 2.21. The van der Waals surface area contributed by atoms with Crippen molar-refractivity contribution in [2.24, 2.45) is 5.92 Å². The number of hydrogen-bond donors (Lipinski definition) is 0. The molecule has 60 valence electrons. The molecule has 1 aliphatic carbocycles. The minimum absolute atomic E-state index is 0.654. The summed E-state index contributed by atoms with van der Waals surface area (Å²) in [7, 11) is 0. The Morgan fingerprint density at radius 1 is 1.25 bits per heavy atom. The topological polar surface area (TPSA) is 0 Å². The zero-order valence-corrected chi connectivity index (χ0v) is 8.07. The Balaban J connectivity index is 2.28. The average Bonchev–Trinajstić information content (AvgIpc) is 2.64. The molecule has 0 spiro atoms. The van der Waals surface area contributed by atoms with Crippen molar-refractivity contribution in [3.05, 3.63) is 32.7 Å². The number of thiophene rings is 1. The summed E-state index contributed by atoms with van der Waals surface area (Å²) in [4.78, 5) is 0. The van der Waals surface area contributed by atoms with Gasteiger partial charge in [-0.1, -0.05) is 18.2 Å². The molecule has 0 radical (unpaired) electrons. The predicted molar refractivity (Wildman–Crippen MR) is 56.5 cm³/mol. The van der Waals surface area contributed by atoms with Gasteiger partial charge in [0.05, 0.1) is 0 Å². The standard InChI is InChI=1S/C10H8S2/c1-3-11-9-6-8-2-4-12-10(8)5-7(1)9/h1-7,9H. The first-order chi connectivity index (χ1) is 5.93. The summed E-state index contributed by atoms with van der Waals surface area (Å²) in [5, 5.41) is 6.50. The lowest BCUT2D eigenvalue weighted by atomic mass is 10.0. The van der Waals surface area contributed by atoms with E-state index in [-0.39, 0.29) is 0 Å². The minimum Gasteiger partial charge on any atom is -0.144 e. The molecule has 0 aromatic carbocycles. The first kappa shape index (κ1) is 6.98. The van der Waals surface area contributed by atoms with Gasteiger partial charge in [0.2, 0.25) is 0 Å². The van der Waals surface area contributed by atoms with Gasteiger partial charge >= 0.3 is 0 Å². The Kier molecular flexibility index (Phi) is 1.46. The maximum absolute atomic E-state index is 2.39. The molecule has 0 amide bonds. The van der Waals surface area contributed by atoms with Crippen LogP contribution in [-0.2, 0) is 0 Å². The van der Waals surface area contributed by atoms with Gasteiger partial charge in [-0.3, -0.25) is 0 Å². The fraction of sp³-hybridized carbons (Fsp3) is 0.200. The average molecular weight is 192 g/mol. The van der Waals surface area contributed by atoms with Gasteiger partial charge in [0, 0.05) is 15.7 Å². The van der Waals surface area contributed by atoms with Crippen molar-refractivity contribution in [2.75, 3.05) is 0 Å². The Hall–Kier alpha value is -0.470. The van der Waals surface area contributed by atoms with E-state index < -0.39 is 0 Å². The third-order valence-corrected chi connectivity index (χ3v) is 4.31. The van der Waals surface area contributed by atoms with Crippen molar-refractivity contribution in [3.63, 3.8) is 0 Å². The van der Waals surface area contributed by atoms with Crippen LogP contribution >= 0.6 is 23.1 Å². The van der Waals surface area contributed by atoms with E-state index in [4.69, 9.17) is 0 Å². The van der Waals surface area contributed by atoms with Crippen molar-refractivity contribution >= 4 is 35.3 Å². The van der Waals surface area contributed by atoms with Crippen LogP contribution in [0.1, 0.15) is 0 Å². The van der Waals surface area contributed by atoms with Gasteiger partial charge in [-0.25, -0.2) is 0 Å². The molecule has 0 fully saturated rings. The van der Waals surface area contributed by atoms with Gasteiger partial charge in [0.1, 0.15) is 0 Å². The van der Waals surface area contributed by atoms with Crippen LogP contribution in [-0.4, -0.2) is 5.25 Å². The number of fused-ring (bicyclic) bond motifs is 2. The van der Waals surface area contributed by atoms with Gasteiger partial charge in [-0.05, 0) is 22.1 Å². The van der Waals surface area contributed by atoms with Crippen LogP contribution in [0.4, 0.5) is 0 Å². The number of rotatable bonds is 0. The molecule has 1 aliphatic heterocycles. The van der Waals surface area contributed by atoms with Crippen LogP contribution in [0.5, 0.6) is 0 Å². The van der Waals surface area contributed by atoms with E-state index in [1.54, 1.807) is 0 Å². The lowest BCUT2D eigenvalue weighted by molar-refractivity contribution is 0.933. The highest BCUT2D eigenvalue weighted by Crippen LogP contribution is 2.32. The van der Waals surface area contributed by atoms with Gasteiger partial charge in [-0.15, -0.1) is 23.1 Å². The SMILES string of the molecule is C1=CC2C=c3sccc3=CC2S1. The smallest absolute Gasteiger partial charge is 0.0376 e. The van der Waals surface area contributed by atoms with E-state index in [2.05, 4.69) is 35.1 Å². The fourth-order valence-electron chi connectivity index (χ4n) is 1.68. The monoisotopic (exact) mass is 192 g/mol.